The summed E-state index contributed by atoms with van der Waals surface area (Å²) in [6.45, 7) is 0.360. The van der Waals surface area contributed by atoms with Crippen molar-refractivity contribution in [2.75, 3.05) is 11.9 Å². The van der Waals surface area contributed by atoms with E-state index in [1.165, 1.54) is 15.6 Å². The Morgan fingerprint density at radius 2 is 1.96 bits per heavy atom. The highest BCUT2D eigenvalue weighted by molar-refractivity contribution is 7.91. The number of carbonyl (C=O) groups excluding carboxylic acids is 1. The first-order valence-corrected chi connectivity index (χ1v) is 10.3. The van der Waals surface area contributed by atoms with Gasteiger partial charge < -0.3 is 5.32 Å². The topological polar surface area (TPSA) is 66.5 Å². The van der Waals surface area contributed by atoms with Crippen LogP contribution in [-0.2, 0) is 14.8 Å². The molecule has 8 heteroatoms. The predicted molar refractivity (Wildman–Crippen MR) is 95.9 cm³/mol. The van der Waals surface area contributed by atoms with Crippen LogP contribution in [0.5, 0.6) is 0 Å². The third-order valence-electron chi connectivity index (χ3n) is 3.93. The number of rotatable bonds is 4. The maximum absolute atomic E-state index is 12.8. The Bertz CT molecular complexity index is 804. The fourth-order valence-electron chi connectivity index (χ4n) is 2.74. The number of benzene rings is 1. The molecule has 0 saturated carbocycles. The van der Waals surface area contributed by atoms with Crippen molar-refractivity contribution in [2.45, 2.75) is 29.5 Å². The van der Waals surface area contributed by atoms with Crippen molar-refractivity contribution in [3.05, 3.63) is 46.8 Å². The molecule has 1 aromatic heterocycles. The number of piperidine rings is 1. The Hall–Kier alpha value is -1.41. The summed E-state index contributed by atoms with van der Waals surface area (Å²) in [6, 6.07) is 9.33. The van der Waals surface area contributed by atoms with Gasteiger partial charge in [-0.3, -0.25) is 4.79 Å². The number of hydrogen-bond acceptors (Lipinski definition) is 4. The van der Waals surface area contributed by atoms with E-state index in [9.17, 15) is 13.2 Å². The molecule has 1 aliphatic rings. The number of nitrogens with one attached hydrogen (secondary N) is 1. The van der Waals surface area contributed by atoms with E-state index in [1.807, 2.05) is 0 Å². The van der Waals surface area contributed by atoms with Crippen LogP contribution < -0.4 is 5.32 Å². The number of nitrogens with zero attached hydrogens (tertiary/aromatic N) is 1. The SMILES string of the molecule is O=C(Nc1ccc(Cl)cc1)[C@@H]1CCCCN1S(=O)(=O)c1cccs1. The van der Waals surface area contributed by atoms with E-state index < -0.39 is 16.1 Å². The molecule has 1 aromatic carbocycles. The van der Waals surface area contributed by atoms with Crippen LogP contribution in [0.3, 0.4) is 0 Å². The van der Waals surface area contributed by atoms with Gasteiger partial charge in [-0.1, -0.05) is 24.1 Å². The van der Waals surface area contributed by atoms with Gasteiger partial charge in [0.2, 0.25) is 5.91 Å². The van der Waals surface area contributed by atoms with Gasteiger partial charge in [0.15, 0.2) is 0 Å². The summed E-state index contributed by atoms with van der Waals surface area (Å²) in [5, 5.41) is 5.08. The molecule has 1 atom stereocenters. The van der Waals surface area contributed by atoms with Crippen molar-refractivity contribution >= 4 is 44.6 Å². The number of halogens is 1. The lowest BCUT2D eigenvalue weighted by Gasteiger charge is -2.33. The standard InChI is InChI=1S/C16H17ClN2O3S2/c17-12-6-8-13(9-7-12)18-16(20)14-4-1-2-10-19(14)24(21,22)15-5-3-11-23-15/h3,5-9,11,14H,1-2,4,10H2,(H,18,20)/t14-/m0/s1. The number of amides is 1. The molecule has 0 unspecified atom stereocenters. The lowest BCUT2D eigenvalue weighted by molar-refractivity contribution is -0.120. The van der Waals surface area contributed by atoms with Crippen molar-refractivity contribution in [2.24, 2.45) is 0 Å². The van der Waals surface area contributed by atoms with Crippen LogP contribution in [-0.4, -0.2) is 31.2 Å². The first-order valence-electron chi connectivity index (χ1n) is 7.60. The molecular weight excluding hydrogens is 368 g/mol. The van der Waals surface area contributed by atoms with E-state index in [-0.39, 0.29) is 10.1 Å². The summed E-state index contributed by atoms with van der Waals surface area (Å²) in [6.07, 6.45) is 2.11. The zero-order chi connectivity index (χ0) is 17.2. The molecule has 1 saturated heterocycles. The first-order chi connectivity index (χ1) is 11.5. The third-order valence-corrected chi connectivity index (χ3v) is 7.46. The van der Waals surface area contributed by atoms with Gasteiger partial charge in [0.25, 0.3) is 10.0 Å². The summed E-state index contributed by atoms with van der Waals surface area (Å²) >= 11 is 7.00. The highest BCUT2D eigenvalue weighted by Crippen LogP contribution is 2.28. The highest BCUT2D eigenvalue weighted by Gasteiger charge is 2.38. The number of anilines is 1. The van der Waals surface area contributed by atoms with Gasteiger partial charge >= 0.3 is 0 Å². The van der Waals surface area contributed by atoms with E-state index in [2.05, 4.69) is 5.32 Å². The van der Waals surface area contributed by atoms with Gasteiger partial charge in [0.1, 0.15) is 10.3 Å². The minimum Gasteiger partial charge on any atom is -0.325 e. The second-order valence-electron chi connectivity index (χ2n) is 5.56. The van der Waals surface area contributed by atoms with Crippen LogP contribution in [0.25, 0.3) is 0 Å². The molecule has 0 bridgehead atoms. The van der Waals surface area contributed by atoms with Crippen LogP contribution in [0.15, 0.2) is 46.0 Å². The Balaban J connectivity index is 1.81. The molecule has 0 spiro atoms. The second-order valence-corrected chi connectivity index (χ2v) is 9.06. The number of sulfonamides is 1. The molecule has 5 nitrogen and oxygen atoms in total. The van der Waals surface area contributed by atoms with Gasteiger partial charge in [-0.05, 0) is 48.6 Å². The molecule has 3 rings (SSSR count). The van der Waals surface area contributed by atoms with E-state index in [4.69, 9.17) is 11.6 Å². The molecule has 2 heterocycles. The molecule has 1 N–H and O–H groups in total. The van der Waals surface area contributed by atoms with Crippen molar-refractivity contribution < 1.29 is 13.2 Å². The van der Waals surface area contributed by atoms with Crippen molar-refractivity contribution in [1.29, 1.82) is 0 Å². The molecule has 128 valence electrons. The summed E-state index contributed by atoms with van der Waals surface area (Å²) < 4.78 is 27.2. The zero-order valence-corrected chi connectivity index (χ0v) is 15.2. The molecular formula is C16H17ClN2O3S2. The zero-order valence-electron chi connectivity index (χ0n) is 12.8. The molecule has 2 aromatic rings. The maximum Gasteiger partial charge on any atom is 0.253 e. The molecule has 1 fully saturated rings. The van der Waals surface area contributed by atoms with Gasteiger partial charge in [0.05, 0.1) is 0 Å². The van der Waals surface area contributed by atoms with Crippen LogP contribution in [0.4, 0.5) is 5.69 Å². The summed E-state index contributed by atoms with van der Waals surface area (Å²) in [4.78, 5) is 12.6. The van der Waals surface area contributed by atoms with Crippen LogP contribution in [0, 0.1) is 0 Å². The second kappa shape index (κ2) is 7.23. The lowest BCUT2D eigenvalue weighted by atomic mass is 10.0. The van der Waals surface area contributed by atoms with Crippen molar-refractivity contribution in [3.63, 3.8) is 0 Å². The van der Waals surface area contributed by atoms with E-state index in [0.717, 1.165) is 12.8 Å². The highest BCUT2D eigenvalue weighted by atomic mass is 35.5. The van der Waals surface area contributed by atoms with Gasteiger partial charge in [-0.25, -0.2) is 8.42 Å². The van der Waals surface area contributed by atoms with E-state index >= 15 is 0 Å². The smallest absolute Gasteiger partial charge is 0.253 e. The average Bonchev–Trinajstić information content (AvgIpc) is 3.12. The van der Waals surface area contributed by atoms with Crippen molar-refractivity contribution in [3.8, 4) is 0 Å². The number of thiophene rings is 1. The van der Waals surface area contributed by atoms with Crippen LogP contribution in [0.2, 0.25) is 5.02 Å². The molecule has 0 radical (unpaired) electrons. The monoisotopic (exact) mass is 384 g/mol. The first kappa shape index (κ1) is 17.4. The van der Waals surface area contributed by atoms with E-state index in [0.29, 0.717) is 23.7 Å². The van der Waals surface area contributed by atoms with Crippen LogP contribution >= 0.6 is 22.9 Å². The molecule has 24 heavy (non-hydrogen) atoms. The Kier molecular flexibility index (Phi) is 5.24. The fraction of sp³-hybridized carbons (Fsp3) is 0.312. The normalized spacial score (nSPS) is 19.1. The Labute approximate surface area is 150 Å². The van der Waals surface area contributed by atoms with E-state index in [1.54, 1.807) is 41.8 Å². The number of hydrogen-bond donors (Lipinski definition) is 1. The molecule has 1 amide bonds. The predicted octanol–water partition coefficient (Wildman–Crippen LogP) is 3.58. The third kappa shape index (κ3) is 3.64. The van der Waals surface area contributed by atoms with Gasteiger partial charge in [-0.2, -0.15) is 4.31 Å². The van der Waals surface area contributed by atoms with Gasteiger partial charge in [0, 0.05) is 17.3 Å². The fourth-order valence-corrected chi connectivity index (χ4v) is 5.64. The summed E-state index contributed by atoms with van der Waals surface area (Å²) in [5.41, 5.74) is 0.600. The molecule has 1 aliphatic heterocycles. The summed E-state index contributed by atoms with van der Waals surface area (Å²) in [7, 11) is -3.64. The largest absolute Gasteiger partial charge is 0.325 e. The average molecular weight is 385 g/mol. The summed E-state index contributed by atoms with van der Waals surface area (Å²) in [5.74, 6) is -0.308. The van der Waals surface area contributed by atoms with Gasteiger partial charge in [-0.15, -0.1) is 11.3 Å². The van der Waals surface area contributed by atoms with Crippen LogP contribution in [0.1, 0.15) is 19.3 Å². The maximum atomic E-state index is 12.8. The lowest BCUT2D eigenvalue weighted by Crippen LogP contribution is -2.49. The minimum atomic E-state index is -3.64. The Morgan fingerprint density at radius 3 is 2.62 bits per heavy atom. The number of carbonyl (C=O) groups is 1. The molecule has 0 aliphatic carbocycles. The Morgan fingerprint density at radius 1 is 1.21 bits per heavy atom. The minimum absolute atomic E-state index is 0.272. The quantitative estimate of drug-likeness (QED) is 0.876. The van der Waals surface area contributed by atoms with Crippen molar-refractivity contribution in [1.82, 2.24) is 4.31 Å².